The normalized spacial score (nSPS) is 16.2. The summed E-state index contributed by atoms with van der Waals surface area (Å²) in [5.41, 5.74) is -1.55. The SMILES string of the molecule is CC(C(C)(C)C)C(C)(C)OC(C)(C)C(C)(C)NC(=O)C(C)(C)C. The van der Waals surface area contributed by atoms with E-state index in [1.165, 1.54) is 0 Å². The third kappa shape index (κ3) is 5.77. The van der Waals surface area contributed by atoms with Crippen molar-refractivity contribution < 1.29 is 9.53 Å². The average Bonchev–Trinajstić information content (AvgIpc) is 2.22. The minimum absolute atomic E-state index is 0.0425. The number of carbonyl (C=O) groups is 1. The van der Waals surface area contributed by atoms with Crippen LogP contribution in [0.3, 0.4) is 0 Å². The molecule has 0 aromatic carbocycles. The van der Waals surface area contributed by atoms with Crippen LogP contribution in [-0.4, -0.2) is 22.6 Å². The van der Waals surface area contributed by atoms with E-state index in [1.54, 1.807) is 0 Å². The average molecular weight is 328 g/mol. The van der Waals surface area contributed by atoms with Gasteiger partial charge in [0.2, 0.25) is 5.91 Å². The third-order valence-corrected chi connectivity index (χ3v) is 5.47. The summed E-state index contributed by atoms with van der Waals surface area (Å²) < 4.78 is 6.58. The standard InChI is InChI=1S/C20H41NO2/c1-14(16(2,3)4)18(8,9)23-20(12,13)19(10,11)21-15(22)17(5,6)7/h14H,1-13H3,(H,21,22). The Bertz CT molecular complexity index is 420. The Morgan fingerprint density at radius 1 is 0.826 bits per heavy atom. The molecular weight excluding hydrogens is 286 g/mol. The Morgan fingerprint density at radius 3 is 1.52 bits per heavy atom. The molecule has 0 fully saturated rings. The minimum Gasteiger partial charge on any atom is -0.367 e. The third-order valence-electron chi connectivity index (χ3n) is 5.47. The van der Waals surface area contributed by atoms with E-state index in [1.807, 2.05) is 34.6 Å². The Kier molecular flexibility index (Phi) is 6.23. The zero-order valence-electron chi connectivity index (χ0n) is 17.9. The lowest BCUT2D eigenvalue weighted by atomic mass is 9.72. The van der Waals surface area contributed by atoms with Crippen LogP contribution in [0.15, 0.2) is 0 Å². The van der Waals surface area contributed by atoms with Crippen molar-refractivity contribution in [1.29, 1.82) is 0 Å². The molecule has 0 saturated heterocycles. The van der Waals surface area contributed by atoms with E-state index in [0.717, 1.165) is 0 Å². The maximum absolute atomic E-state index is 12.4. The van der Waals surface area contributed by atoms with E-state index in [4.69, 9.17) is 4.74 Å². The van der Waals surface area contributed by atoms with Crippen molar-refractivity contribution in [3.8, 4) is 0 Å². The van der Waals surface area contributed by atoms with E-state index in [-0.39, 0.29) is 16.9 Å². The maximum atomic E-state index is 12.4. The maximum Gasteiger partial charge on any atom is 0.225 e. The number of rotatable bonds is 5. The summed E-state index contributed by atoms with van der Waals surface area (Å²) in [6.07, 6.45) is 0. The molecule has 1 N–H and O–H groups in total. The lowest BCUT2D eigenvalue weighted by Gasteiger charge is -2.50. The van der Waals surface area contributed by atoms with Crippen molar-refractivity contribution >= 4 is 5.91 Å². The molecule has 1 atom stereocenters. The zero-order chi connectivity index (χ0) is 19.1. The van der Waals surface area contributed by atoms with Gasteiger partial charge in [-0.25, -0.2) is 0 Å². The van der Waals surface area contributed by atoms with Gasteiger partial charge in [-0.05, 0) is 52.9 Å². The second-order valence-corrected chi connectivity index (χ2v) is 10.6. The molecule has 1 amide bonds. The summed E-state index contributed by atoms with van der Waals surface area (Å²) in [5, 5.41) is 3.17. The molecular formula is C20H41NO2. The van der Waals surface area contributed by atoms with Gasteiger partial charge in [0.05, 0.1) is 16.7 Å². The Labute approximate surface area is 144 Å². The van der Waals surface area contributed by atoms with Gasteiger partial charge in [0.25, 0.3) is 0 Å². The highest BCUT2D eigenvalue weighted by atomic mass is 16.5. The monoisotopic (exact) mass is 327 g/mol. The van der Waals surface area contributed by atoms with Crippen LogP contribution in [0, 0.1) is 16.7 Å². The summed E-state index contributed by atoms with van der Waals surface area (Å²) in [6.45, 7) is 27.2. The molecule has 0 heterocycles. The van der Waals surface area contributed by atoms with Crippen LogP contribution in [0.2, 0.25) is 0 Å². The Morgan fingerprint density at radius 2 is 1.22 bits per heavy atom. The number of carbonyl (C=O) groups excluding carboxylic acids is 1. The van der Waals surface area contributed by atoms with Crippen molar-refractivity contribution in [2.24, 2.45) is 16.7 Å². The van der Waals surface area contributed by atoms with Crippen molar-refractivity contribution in [2.75, 3.05) is 0 Å². The van der Waals surface area contributed by atoms with Gasteiger partial charge in [-0.2, -0.15) is 0 Å². The van der Waals surface area contributed by atoms with Crippen molar-refractivity contribution in [1.82, 2.24) is 5.32 Å². The number of nitrogens with one attached hydrogen (secondary N) is 1. The van der Waals surface area contributed by atoms with E-state index in [2.05, 4.69) is 60.7 Å². The van der Waals surface area contributed by atoms with Crippen LogP contribution in [0.4, 0.5) is 0 Å². The van der Waals surface area contributed by atoms with Gasteiger partial charge in [0.1, 0.15) is 0 Å². The first-order valence-corrected chi connectivity index (χ1v) is 8.77. The summed E-state index contributed by atoms with van der Waals surface area (Å²) in [6, 6.07) is 0. The van der Waals surface area contributed by atoms with Gasteiger partial charge in [0.15, 0.2) is 0 Å². The Hall–Kier alpha value is -0.570. The first-order chi connectivity index (χ1) is 9.74. The second-order valence-electron chi connectivity index (χ2n) is 10.6. The van der Waals surface area contributed by atoms with Crippen LogP contribution < -0.4 is 5.32 Å². The van der Waals surface area contributed by atoms with E-state index >= 15 is 0 Å². The number of hydrogen-bond acceptors (Lipinski definition) is 2. The van der Waals surface area contributed by atoms with Crippen molar-refractivity contribution in [3.63, 3.8) is 0 Å². The van der Waals surface area contributed by atoms with Gasteiger partial charge in [-0.3, -0.25) is 4.79 Å². The van der Waals surface area contributed by atoms with Crippen LogP contribution in [0.25, 0.3) is 0 Å². The topological polar surface area (TPSA) is 38.3 Å². The molecule has 0 spiro atoms. The summed E-state index contributed by atoms with van der Waals surface area (Å²) in [7, 11) is 0. The quantitative estimate of drug-likeness (QED) is 0.755. The highest BCUT2D eigenvalue weighted by Crippen LogP contribution is 2.41. The van der Waals surface area contributed by atoms with Crippen molar-refractivity contribution in [3.05, 3.63) is 0 Å². The van der Waals surface area contributed by atoms with Crippen LogP contribution in [0.5, 0.6) is 0 Å². The van der Waals surface area contributed by atoms with Gasteiger partial charge >= 0.3 is 0 Å². The predicted octanol–water partition coefficient (Wildman–Crippen LogP) is 5.18. The zero-order valence-corrected chi connectivity index (χ0v) is 17.9. The summed E-state index contributed by atoms with van der Waals surface area (Å²) in [4.78, 5) is 12.4. The molecule has 0 aliphatic heterocycles. The fraction of sp³-hybridized carbons (Fsp3) is 0.950. The summed E-state index contributed by atoms with van der Waals surface area (Å²) in [5.74, 6) is 0.407. The summed E-state index contributed by atoms with van der Waals surface area (Å²) >= 11 is 0. The molecule has 1 unspecified atom stereocenters. The minimum atomic E-state index is -0.503. The smallest absolute Gasteiger partial charge is 0.225 e. The molecule has 0 radical (unpaired) electrons. The van der Waals surface area contributed by atoms with E-state index in [0.29, 0.717) is 5.92 Å². The largest absolute Gasteiger partial charge is 0.367 e. The second kappa shape index (κ2) is 6.38. The van der Waals surface area contributed by atoms with E-state index in [9.17, 15) is 4.79 Å². The fourth-order valence-corrected chi connectivity index (χ4v) is 2.54. The first-order valence-electron chi connectivity index (χ1n) is 8.77. The van der Waals surface area contributed by atoms with Gasteiger partial charge in [0, 0.05) is 5.41 Å². The lowest BCUT2D eigenvalue weighted by Crippen LogP contribution is -2.63. The molecule has 0 aromatic rings. The molecule has 0 saturated carbocycles. The lowest BCUT2D eigenvalue weighted by molar-refractivity contribution is -0.192. The van der Waals surface area contributed by atoms with Crippen LogP contribution in [0.1, 0.15) is 90.0 Å². The highest BCUT2D eigenvalue weighted by molar-refractivity contribution is 5.82. The Balaban J connectivity index is 5.35. The fourth-order valence-electron chi connectivity index (χ4n) is 2.54. The van der Waals surface area contributed by atoms with Gasteiger partial charge < -0.3 is 10.1 Å². The van der Waals surface area contributed by atoms with Crippen LogP contribution in [-0.2, 0) is 9.53 Å². The molecule has 0 rings (SSSR count). The molecule has 0 aliphatic carbocycles. The molecule has 0 bridgehead atoms. The number of ether oxygens (including phenoxy) is 1. The highest BCUT2D eigenvalue weighted by Gasteiger charge is 2.46. The van der Waals surface area contributed by atoms with E-state index < -0.39 is 16.6 Å². The van der Waals surface area contributed by atoms with Crippen molar-refractivity contribution in [2.45, 2.75) is 107 Å². The first kappa shape index (κ1) is 22.4. The molecule has 23 heavy (non-hydrogen) atoms. The molecule has 0 aliphatic rings. The van der Waals surface area contributed by atoms with Gasteiger partial charge in [-0.1, -0.05) is 48.5 Å². The number of amides is 1. The molecule has 138 valence electrons. The van der Waals surface area contributed by atoms with Gasteiger partial charge in [-0.15, -0.1) is 0 Å². The molecule has 3 nitrogen and oxygen atoms in total. The molecule has 3 heteroatoms. The predicted molar refractivity (Wildman–Crippen MR) is 99.5 cm³/mol. The van der Waals surface area contributed by atoms with Crippen LogP contribution >= 0.6 is 0 Å². The molecule has 0 aromatic heterocycles. The number of hydrogen-bond donors (Lipinski definition) is 1.